The molecule has 0 atom stereocenters. The fourth-order valence-electron chi connectivity index (χ4n) is 3.84. The van der Waals surface area contributed by atoms with Gasteiger partial charge >= 0.3 is 6.09 Å². The second kappa shape index (κ2) is 6.12. The van der Waals surface area contributed by atoms with E-state index < -0.39 is 6.09 Å². The van der Waals surface area contributed by atoms with Crippen LogP contribution < -0.4 is 4.74 Å². The highest BCUT2D eigenvalue weighted by Crippen LogP contribution is 2.36. The van der Waals surface area contributed by atoms with Crippen LogP contribution in [0.15, 0.2) is 42.7 Å². The number of aromatic nitrogens is 3. The van der Waals surface area contributed by atoms with Crippen molar-refractivity contribution in [2.24, 2.45) is 0 Å². The van der Waals surface area contributed by atoms with E-state index in [1.54, 1.807) is 6.20 Å². The molecule has 0 bridgehead atoms. The smallest absolute Gasteiger partial charge is 0.407 e. The van der Waals surface area contributed by atoms with Crippen LogP contribution in [0.4, 0.5) is 4.79 Å². The van der Waals surface area contributed by atoms with Gasteiger partial charge in [0.2, 0.25) is 0 Å². The summed E-state index contributed by atoms with van der Waals surface area (Å²) in [4.78, 5) is 17.0. The molecule has 2 aromatic heterocycles. The molecule has 1 N–H and O–H groups in total. The van der Waals surface area contributed by atoms with Crippen molar-refractivity contribution in [2.75, 3.05) is 6.61 Å². The van der Waals surface area contributed by atoms with E-state index in [4.69, 9.17) is 9.84 Å². The molecule has 7 nitrogen and oxygen atoms in total. The quantitative estimate of drug-likeness (QED) is 0.775. The van der Waals surface area contributed by atoms with Gasteiger partial charge in [-0.3, -0.25) is 14.6 Å². The Balaban J connectivity index is 1.60. The molecule has 0 saturated heterocycles. The van der Waals surface area contributed by atoms with E-state index in [0.717, 1.165) is 40.2 Å². The van der Waals surface area contributed by atoms with E-state index in [2.05, 4.69) is 11.1 Å². The van der Waals surface area contributed by atoms with E-state index in [9.17, 15) is 9.90 Å². The topological polar surface area (TPSA) is 80.5 Å². The van der Waals surface area contributed by atoms with Crippen LogP contribution in [0.1, 0.15) is 22.4 Å². The van der Waals surface area contributed by atoms with Crippen molar-refractivity contribution in [3.05, 3.63) is 65.1 Å². The van der Waals surface area contributed by atoms with Crippen molar-refractivity contribution in [1.29, 1.82) is 0 Å². The molecule has 1 amide bonds. The summed E-state index contributed by atoms with van der Waals surface area (Å²) in [6.45, 7) is 1.99. The summed E-state index contributed by atoms with van der Waals surface area (Å²) in [7, 11) is 0. The first-order valence-corrected chi connectivity index (χ1v) is 8.90. The summed E-state index contributed by atoms with van der Waals surface area (Å²) in [6, 6.07) is 10.1. The molecule has 2 aliphatic heterocycles. The van der Waals surface area contributed by atoms with Crippen LogP contribution in [-0.4, -0.2) is 37.5 Å². The Bertz CT molecular complexity index is 1030. The standard InChI is InChI=1S/C20H18N4O3/c25-20(26)23-11-16-17(12-23)22-24(10-13-2-1-6-21-9-13)19(16)15-3-4-18-14(8-15)5-7-27-18/h1-4,6,8-9H,5,7,10-12H2,(H,25,26). The van der Waals surface area contributed by atoms with Crippen LogP contribution in [0.25, 0.3) is 11.3 Å². The maximum absolute atomic E-state index is 11.4. The fourth-order valence-corrected chi connectivity index (χ4v) is 3.84. The number of pyridine rings is 1. The van der Waals surface area contributed by atoms with E-state index in [0.29, 0.717) is 26.2 Å². The number of fused-ring (bicyclic) bond motifs is 2. The predicted octanol–water partition coefficient (Wildman–Crippen LogP) is 2.92. The molecule has 4 heterocycles. The minimum atomic E-state index is -0.917. The van der Waals surface area contributed by atoms with Crippen molar-refractivity contribution >= 4 is 6.09 Å². The molecule has 27 heavy (non-hydrogen) atoms. The molecule has 0 spiro atoms. The SMILES string of the molecule is O=C(O)N1Cc2nn(Cc3cccnc3)c(-c3ccc4c(c3)CCO4)c2C1. The zero-order valence-electron chi connectivity index (χ0n) is 14.6. The Kier molecular flexibility index (Phi) is 3.60. The van der Waals surface area contributed by atoms with Crippen LogP contribution in [0.5, 0.6) is 5.75 Å². The normalized spacial score (nSPS) is 14.7. The maximum Gasteiger partial charge on any atom is 0.407 e. The molecule has 2 aliphatic rings. The zero-order chi connectivity index (χ0) is 18.4. The van der Waals surface area contributed by atoms with Gasteiger partial charge in [-0.25, -0.2) is 4.79 Å². The number of hydrogen-bond acceptors (Lipinski definition) is 4. The number of carboxylic acid groups (broad SMARTS) is 1. The van der Waals surface area contributed by atoms with Crippen LogP contribution in [0.3, 0.4) is 0 Å². The van der Waals surface area contributed by atoms with Gasteiger partial charge in [-0.1, -0.05) is 6.07 Å². The number of benzene rings is 1. The number of carbonyl (C=O) groups is 1. The predicted molar refractivity (Wildman–Crippen MR) is 97.5 cm³/mol. The summed E-state index contributed by atoms with van der Waals surface area (Å²) >= 11 is 0. The second-order valence-corrected chi connectivity index (χ2v) is 6.85. The Hall–Kier alpha value is -3.35. The van der Waals surface area contributed by atoms with Gasteiger partial charge in [0, 0.05) is 29.9 Å². The lowest BCUT2D eigenvalue weighted by Crippen LogP contribution is -2.24. The third kappa shape index (κ3) is 2.71. The molecule has 3 aromatic rings. The minimum absolute atomic E-state index is 0.325. The van der Waals surface area contributed by atoms with Gasteiger partial charge in [0.1, 0.15) is 5.75 Å². The largest absolute Gasteiger partial charge is 0.493 e. The van der Waals surface area contributed by atoms with Gasteiger partial charge in [0.25, 0.3) is 0 Å². The van der Waals surface area contributed by atoms with Gasteiger partial charge in [-0.2, -0.15) is 5.10 Å². The Morgan fingerprint density at radius 2 is 2.19 bits per heavy atom. The van der Waals surface area contributed by atoms with Crippen molar-refractivity contribution in [1.82, 2.24) is 19.7 Å². The molecule has 0 aliphatic carbocycles. The maximum atomic E-state index is 11.4. The highest BCUT2D eigenvalue weighted by atomic mass is 16.5. The van der Waals surface area contributed by atoms with Crippen molar-refractivity contribution < 1.29 is 14.6 Å². The highest BCUT2D eigenvalue weighted by molar-refractivity contribution is 5.71. The summed E-state index contributed by atoms with van der Waals surface area (Å²) in [6.07, 6.45) is 3.55. The van der Waals surface area contributed by atoms with Crippen LogP contribution in [0.2, 0.25) is 0 Å². The van der Waals surface area contributed by atoms with E-state index in [1.807, 2.05) is 35.1 Å². The van der Waals surface area contributed by atoms with Crippen molar-refractivity contribution in [2.45, 2.75) is 26.1 Å². The molecule has 1 aromatic carbocycles. The number of nitrogens with zero attached hydrogens (tertiary/aromatic N) is 4. The molecule has 5 rings (SSSR count). The lowest BCUT2D eigenvalue weighted by atomic mass is 10.0. The third-order valence-electron chi connectivity index (χ3n) is 5.11. The van der Waals surface area contributed by atoms with Gasteiger partial charge < -0.3 is 9.84 Å². The molecule has 0 fully saturated rings. The Labute approximate surface area is 155 Å². The molecule has 7 heteroatoms. The molecular weight excluding hydrogens is 344 g/mol. The third-order valence-corrected chi connectivity index (χ3v) is 5.11. The van der Waals surface area contributed by atoms with Crippen LogP contribution in [-0.2, 0) is 26.1 Å². The fraction of sp³-hybridized carbons (Fsp3) is 0.250. The average molecular weight is 362 g/mol. The first-order chi connectivity index (χ1) is 13.2. The Morgan fingerprint density at radius 3 is 3.00 bits per heavy atom. The van der Waals surface area contributed by atoms with Gasteiger partial charge in [0.15, 0.2) is 0 Å². The molecule has 0 saturated carbocycles. The summed E-state index contributed by atoms with van der Waals surface area (Å²) in [5.74, 6) is 0.931. The summed E-state index contributed by atoms with van der Waals surface area (Å²) in [5, 5.41) is 14.1. The van der Waals surface area contributed by atoms with Crippen molar-refractivity contribution in [3.8, 4) is 17.0 Å². The van der Waals surface area contributed by atoms with Crippen LogP contribution in [0, 0.1) is 0 Å². The second-order valence-electron chi connectivity index (χ2n) is 6.85. The number of ether oxygens (including phenoxy) is 1. The molecular formula is C20H18N4O3. The van der Waals surface area contributed by atoms with E-state index in [1.165, 1.54) is 10.5 Å². The summed E-state index contributed by atoms with van der Waals surface area (Å²) in [5.41, 5.74) is 6.08. The molecule has 0 unspecified atom stereocenters. The Morgan fingerprint density at radius 1 is 1.26 bits per heavy atom. The van der Waals surface area contributed by atoms with Crippen molar-refractivity contribution in [3.63, 3.8) is 0 Å². The number of hydrogen-bond donors (Lipinski definition) is 1. The number of rotatable bonds is 3. The van der Waals surface area contributed by atoms with E-state index >= 15 is 0 Å². The molecule has 0 radical (unpaired) electrons. The highest BCUT2D eigenvalue weighted by Gasteiger charge is 2.31. The van der Waals surface area contributed by atoms with Crippen LogP contribution >= 0.6 is 0 Å². The monoisotopic (exact) mass is 362 g/mol. The van der Waals surface area contributed by atoms with Gasteiger partial charge in [-0.05, 0) is 35.4 Å². The lowest BCUT2D eigenvalue weighted by Gasteiger charge is -2.14. The zero-order valence-corrected chi connectivity index (χ0v) is 14.6. The number of amides is 1. The first-order valence-electron chi connectivity index (χ1n) is 8.90. The summed E-state index contributed by atoms with van der Waals surface area (Å²) < 4.78 is 7.59. The average Bonchev–Trinajstić information content (AvgIpc) is 3.35. The van der Waals surface area contributed by atoms with E-state index in [-0.39, 0.29) is 0 Å². The minimum Gasteiger partial charge on any atom is -0.493 e. The lowest BCUT2D eigenvalue weighted by molar-refractivity contribution is 0.144. The van der Waals surface area contributed by atoms with Gasteiger partial charge in [-0.15, -0.1) is 0 Å². The van der Waals surface area contributed by atoms with Gasteiger partial charge in [0.05, 0.1) is 37.6 Å². The first kappa shape index (κ1) is 15.9. The molecule has 136 valence electrons.